The quantitative estimate of drug-likeness (QED) is 0.864. The first-order valence-corrected chi connectivity index (χ1v) is 6.35. The number of benzene rings is 1. The number of esters is 1. The number of rotatable bonds is 4. The van der Waals surface area contributed by atoms with Crippen LogP contribution in [0.5, 0.6) is 0 Å². The van der Waals surface area contributed by atoms with Gasteiger partial charge in [-0.05, 0) is 18.1 Å². The maximum Gasteiger partial charge on any atom is 0.311 e. The summed E-state index contributed by atoms with van der Waals surface area (Å²) in [5, 5.41) is 11.1. The van der Waals surface area contributed by atoms with Gasteiger partial charge in [0, 0.05) is 15.6 Å². The van der Waals surface area contributed by atoms with Crippen LogP contribution in [0.3, 0.4) is 0 Å². The lowest BCUT2D eigenvalue weighted by Crippen LogP contribution is -2.28. The molecule has 0 spiro atoms. The Kier molecular flexibility index (Phi) is 5.45. The van der Waals surface area contributed by atoms with E-state index < -0.39 is 18.0 Å². The minimum absolute atomic E-state index is 0.0702. The Morgan fingerprint density at radius 3 is 2.39 bits per heavy atom. The number of aliphatic hydroxyl groups excluding tert-OH is 1. The van der Waals surface area contributed by atoms with Crippen molar-refractivity contribution in [3.05, 3.63) is 33.8 Å². The van der Waals surface area contributed by atoms with Crippen LogP contribution in [0.4, 0.5) is 0 Å². The van der Waals surface area contributed by atoms with E-state index in [2.05, 4.69) is 0 Å². The van der Waals surface area contributed by atoms with Crippen molar-refractivity contribution in [2.24, 2.45) is 11.8 Å². The molecule has 0 heterocycles. The molecule has 100 valence electrons. The molecule has 0 aliphatic carbocycles. The number of methoxy groups -OCH3 is 1. The lowest BCUT2D eigenvalue weighted by Gasteiger charge is -2.24. The van der Waals surface area contributed by atoms with Gasteiger partial charge in [-0.2, -0.15) is 0 Å². The SMILES string of the molecule is COC(=O)C(C(C)C)C(O)c1ccc(Cl)cc1Cl. The highest BCUT2D eigenvalue weighted by atomic mass is 35.5. The maximum atomic E-state index is 11.7. The highest BCUT2D eigenvalue weighted by molar-refractivity contribution is 6.35. The van der Waals surface area contributed by atoms with Gasteiger partial charge in [-0.3, -0.25) is 4.79 Å². The lowest BCUT2D eigenvalue weighted by molar-refractivity contribution is -0.152. The van der Waals surface area contributed by atoms with Crippen LogP contribution >= 0.6 is 23.2 Å². The zero-order chi connectivity index (χ0) is 13.9. The summed E-state index contributed by atoms with van der Waals surface area (Å²) in [6.45, 7) is 3.68. The van der Waals surface area contributed by atoms with Gasteiger partial charge in [-0.1, -0.05) is 43.1 Å². The fourth-order valence-corrected chi connectivity index (χ4v) is 2.36. The first-order chi connectivity index (χ1) is 8.38. The van der Waals surface area contributed by atoms with Crippen LogP contribution in [0.2, 0.25) is 10.0 Å². The van der Waals surface area contributed by atoms with Gasteiger partial charge in [0.25, 0.3) is 0 Å². The second-order valence-electron chi connectivity index (χ2n) is 4.40. The van der Waals surface area contributed by atoms with E-state index in [1.54, 1.807) is 12.1 Å². The monoisotopic (exact) mass is 290 g/mol. The molecule has 1 aromatic carbocycles. The summed E-state index contributed by atoms with van der Waals surface area (Å²) in [6.07, 6.45) is -1.01. The zero-order valence-corrected chi connectivity index (χ0v) is 12.0. The summed E-state index contributed by atoms with van der Waals surface area (Å²) in [6, 6.07) is 4.78. The average Bonchev–Trinajstić information content (AvgIpc) is 2.28. The molecule has 0 aromatic heterocycles. The van der Waals surface area contributed by atoms with Crippen LogP contribution in [-0.2, 0) is 9.53 Å². The second kappa shape index (κ2) is 6.41. The fraction of sp³-hybridized carbons (Fsp3) is 0.462. The van der Waals surface area contributed by atoms with E-state index >= 15 is 0 Å². The molecule has 0 fully saturated rings. The van der Waals surface area contributed by atoms with Crippen LogP contribution in [0, 0.1) is 11.8 Å². The van der Waals surface area contributed by atoms with E-state index in [4.69, 9.17) is 27.9 Å². The van der Waals surface area contributed by atoms with Gasteiger partial charge < -0.3 is 9.84 Å². The number of carbonyl (C=O) groups excluding carboxylic acids is 1. The Morgan fingerprint density at radius 2 is 1.94 bits per heavy atom. The van der Waals surface area contributed by atoms with Crippen LogP contribution in [0.15, 0.2) is 18.2 Å². The minimum atomic E-state index is -1.01. The van der Waals surface area contributed by atoms with Gasteiger partial charge in [-0.25, -0.2) is 0 Å². The summed E-state index contributed by atoms with van der Waals surface area (Å²) in [4.78, 5) is 11.7. The Hall–Kier alpha value is -0.770. The molecule has 0 aliphatic heterocycles. The minimum Gasteiger partial charge on any atom is -0.469 e. The van der Waals surface area contributed by atoms with Crippen molar-refractivity contribution in [3.63, 3.8) is 0 Å². The van der Waals surface area contributed by atoms with E-state index in [9.17, 15) is 9.90 Å². The topological polar surface area (TPSA) is 46.5 Å². The summed E-state index contributed by atoms with van der Waals surface area (Å²) < 4.78 is 4.71. The molecular weight excluding hydrogens is 275 g/mol. The van der Waals surface area contributed by atoms with Crippen molar-refractivity contribution in [1.29, 1.82) is 0 Å². The highest BCUT2D eigenvalue weighted by Gasteiger charge is 2.32. The third-order valence-corrected chi connectivity index (χ3v) is 3.38. The largest absolute Gasteiger partial charge is 0.469 e. The molecule has 0 saturated heterocycles. The van der Waals surface area contributed by atoms with Gasteiger partial charge >= 0.3 is 5.97 Å². The Morgan fingerprint density at radius 1 is 1.33 bits per heavy atom. The molecule has 2 atom stereocenters. The second-order valence-corrected chi connectivity index (χ2v) is 5.25. The number of aliphatic hydroxyl groups is 1. The van der Waals surface area contributed by atoms with Gasteiger partial charge in [-0.15, -0.1) is 0 Å². The molecule has 0 radical (unpaired) electrons. The van der Waals surface area contributed by atoms with E-state index in [0.717, 1.165) is 0 Å². The Labute approximate surface area is 117 Å². The molecule has 1 rings (SSSR count). The predicted molar refractivity (Wildman–Crippen MR) is 71.8 cm³/mol. The van der Waals surface area contributed by atoms with Crippen molar-refractivity contribution >= 4 is 29.2 Å². The number of carbonyl (C=O) groups is 1. The molecule has 18 heavy (non-hydrogen) atoms. The molecule has 1 N–H and O–H groups in total. The maximum absolute atomic E-state index is 11.7. The van der Waals surface area contributed by atoms with E-state index in [1.807, 2.05) is 13.8 Å². The summed E-state index contributed by atoms with van der Waals surface area (Å²) >= 11 is 11.8. The number of halogens is 2. The standard InChI is InChI=1S/C13H16Cl2O3/c1-7(2)11(13(17)18-3)12(16)9-5-4-8(14)6-10(9)15/h4-7,11-12,16H,1-3H3. The Bertz CT molecular complexity index is 432. The van der Waals surface area contributed by atoms with E-state index in [-0.39, 0.29) is 5.92 Å². The van der Waals surface area contributed by atoms with Crippen LogP contribution in [0.1, 0.15) is 25.5 Å². The van der Waals surface area contributed by atoms with Gasteiger partial charge in [0.1, 0.15) is 0 Å². The van der Waals surface area contributed by atoms with Crippen LogP contribution in [-0.4, -0.2) is 18.2 Å². The smallest absolute Gasteiger partial charge is 0.311 e. The number of hydrogen-bond donors (Lipinski definition) is 1. The van der Waals surface area contributed by atoms with Crippen molar-refractivity contribution in [2.75, 3.05) is 7.11 Å². The predicted octanol–water partition coefficient (Wildman–Crippen LogP) is 3.47. The third-order valence-electron chi connectivity index (χ3n) is 2.81. The molecule has 3 nitrogen and oxygen atoms in total. The molecule has 0 saturated carbocycles. The van der Waals surface area contributed by atoms with Crippen molar-refractivity contribution < 1.29 is 14.6 Å². The van der Waals surface area contributed by atoms with Crippen molar-refractivity contribution in [1.82, 2.24) is 0 Å². The van der Waals surface area contributed by atoms with E-state index in [0.29, 0.717) is 15.6 Å². The molecule has 0 aliphatic rings. The molecule has 2 unspecified atom stereocenters. The molecular formula is C13H16Cl2O3. The third kappa shape index (κ3) is 3.37. The van der Waals surface area contributed by atoms with E-state index in [1.165, 1.54) is 13.2 Å². The number of hydrogen-bond acceptors (Lipinski definition) is 3. The van der Waals surface area contributed by atoms with Gasteiger partial charge in [0.15, 0.2) is 0 Å². The highest BCUT2D eigenvalue weighted by Crippen LogP contribution is 2.34. The molecule has 0 bridgehead atoms. The van der Waals surface area contributed by atoms with Crippen molar-refractivity contribution in [3.8, 4) is 0 Å². The lowest BCUT2D eigenvalue weighted by atomic mass is 9.86. The summed E-state index contributed by atoms with van der Waals surface area (Å²) in [5.74, 6) is -1.18. The normalized spacial score (nSPS) is 14.4. The Balaban J connectivity index is 3.09. The zero-order valence-electron chi connectivity index (χ0n) is 10.5. The molecule has 5 heteroatoms. The summed E-state index contributed by atoms with van der Waals surface area (Å²) in [5.41, 5.74) is 0.477. The van der Waals surface area contributed by atoms with Gasteiger partial charge in [0.05, 0.1) is 19.1 Å². The first kappa shape index (κ1) is 15.3. The average molecular weight is 291 g/mol. The van der Waals surface area contributed by atoms with Crippen LogP contribution in [0.25, 0.3) is 0 Å². The summed E-state index contributed by atoms with van der Waals surface area (Å²) in [7, 11) is 1.30. The number of ether oxygens (including phenoxy) is 1. The van der Waals surface area contributed by atoms with Crippen LogP contribution < -0.4 is 0 Å². The molecule has 0 amide bonds. The molecule has 1 aromatic rings. The van der Waals surface area contributed by atoms with Crippen molar-refractivity contribution in [2.45, 2.75) is 20.0 Å². The first-order valence-electron chi connectivity index (χ1n) is 5.59. The fourth-order valence-electron chi connectivity index (χ4n) is 1.84. The van der Waals surface area contributed by atoms with Gasteiger partial charge in [0.2, 0.25) is 0 Å².